The zero-order chi connectivity index (χ0) is 14.9. The Morgan fingerprint density at radius 1 is 1.45 bits per heavy atom. The van der Waals surface area contributed by atoms with E-state index in [2.05, 4.69) is 14.9 Å². The van der Waals surface area contributed by atoms with Crippen LogP contribution in [0.4, 0.5) is 5.69 Å². The number of rotatable bonds is 4. The summed E-state index contributed by atoms with van der Waals surface area (Å²) < 4.78 is 27.5. The fourth-order valence-corrected chi connectivity index (χ4v) is 3.55. The molecule has 0 bridgehead atoms. The Bertz CT molecular complexity index is 793. The molecule has 108 valence electrons. The van der Waals surface area contributed by atoms with Gasteiger partial charge in [-0.15, -0.1) is 5.10 Å². The van der Waals surface area contributed by atoms with Crippen LogP contribution in [-0.2, 0) is 17.1 Å². The van der Waals surface area contributed by atoms with E-state index in [1.807, 2.05) is 0 Å². The number of aromatic nitrogens is 3. The van der Waals surface area contributed by atoms with Crippen molar-refractivity contribution >= 4 is 27.5 Å². The molecule has 0 fully saturated rings. The molecule has 0 aliphatic carbocycles. The molecule has 10 heteroatoms. The average Bonchev–Trinajstić information content (AvgIpc) is 2.72. The summed E-state index contributed by atoms with van der Waals surface area (Å²) in [7, 11) is -0.798. The van der Waals surface area contributed by atoms with Crippen molar-refractivity contribution < 1.29 is 8.42 Å². The van der Waals surface area contributed by atoms with Crippen molar-refractivity contribution in [1.82, 2.24) is 19.5 Å². The van der Waals surface area contributed by atoms with E-state index < -0.39 is 10.0 Å². The van der Waals surface area contributed by atoms with Gasteiger partial charge in [0.1, 0.15) is 0 Å². The predicted molar refractivity (Wildman–Crippen MR) is 75.1 cm³/mol. The topological polar surface area (TPSA) is 123 Å². The highest BCUT2D eigenvalue weighted by atomic mass is 32.2. The molecule has 0 atom stereocenters. The zero-order valence-electron chi connectivity index (χ0n) is 10.7. The van der Waals surface area contributed by atoms with Crippen LogP contribution in [0.15, 0.2) is 37.9 Å². The van der Waals surface area contributed by atoms with Gasteiger partial charge < -0.3 is 5.73 Å². The first-order valence-electron chi connectivity index (χ1n) is 5.47. The highest BCUT2D eigenvalue weighted by Gasteiger charge is 2.19. The van der Waals surface area contributed by atoms with E-state index in [9.17, 15) is 13.2 Å². The lowest BCUT2D eigenvalue weighted by molar-refractivity contribution is 0.586. The second-order valence-electron chi connectivity index (χ2n) is 3.89. The molecule has 20 heavy (non-hydrogen) atoms. The van der Waals surface area contributed by atoms with Crippen molar-refractivity contribution in [3.05, 3.63) is 28.7 Å². The highest BCUT2D eigenvalue weighted by Crippen LogP contribution is 2.32. The number of nitrogens with zero attached hydrogens (tertiary/aromatic N) is 2. The number of hydrogen-bond donors (Lipinski definition) is 3. The van der Waals surface area contributed by atoms with Crippen LogP contribution in [0.3, 0.4) is 0 Å². The van der Waals surface area contributed by atoms with E-state index in [1.54, 1.807) is 12.1 Å². The average molecular weight is 315 g/mol. The van der Waals surface area contributed by atoms with Crippen LogP contribution in [0.2, 0.25) is 0 Å². The Morgan fingerprint density at radius 3 is 2.70 bits per heavy atom. The second kappa shape index (κ2) is 5.31. The summed E-state index contributed by atoms with van der Waals surface area (Å²) in [6.07, 6.45) is 0. The van der Waals surface area contributed by atoms with Gasteiger partial charge in [0.05, 0.1) is 4.90 Å². The van der Waals surface area contributed by atoms with Gasteiger partial charge in [-0.1, -0.05) is 0 Å². The minimum absolute atomic E-state index is 0.0421. The Hall–Kier alpha value is -1.78. The number of nitrogen functional groups attached to an aromatic ring is 1. The summed E-state index contributed by atoms with van der Waals surface area (Å²) in [4.78, 5) is 11.8. The van der Waals surface area contributed by atoms with Crippen LogP contribution in [-0.4, -0.2) is 30.2 Å². The molecule has 2 rings (SSSR count). The number of nitrogens with two attached hydrogens (primary N) is 1. The number of hydrogen-bond acceptors (Lipinski definition) is 6. The van der Waals surface area contributed by atoms with Crippen LogP contribution in [0, 0.1) is 0 Å². The first-order valence-corrected chi connectivity index (χ1v) is 7.77. The van der Waals surface area contributed by atoms with Gasteiger partial charge in [-0.25, -0.2) is 23.0 Å². The third kappa shape index (κ3) is 2.71. The maximum absolute atomic E-state index is 12.0. The van der Waals surface area contributed by atoms with Crippen molar-refractivity contribution in [2.45, 2.75) is 14.9 Å². The molecular formula is C10H13N5O3S2. The lowest BCUT2D eigenvalue weighted by atomic mass is 10.3. The predicted octanol–water partition coefficient (Wildman–Crippen LogP) is -0.250. The first-order chi connectivity index (χ1) is 9.35. The standard InChI is InChI=1S/C10H13N5O3S2/c1-12-20(17,18)8-5-6(11)3-4-7(8)19-10-14-13-9(16)15(10)2/h3-5,12H,11H2,1-2H3,(H,13,16). The third-order valence-corrected chi connectivity index (χ3v) is 5.27. The van der Waals surface area contributed by atoms with Gasteiger partial charge in [-0.05, 0) is 37.0 Å². The molecule has 0 saturated heterocycles. The van der Waals surface area contributed by atoms with E-state index in [0.717, 1.165) is 11.8 Å². The van der Waals surface area contributed by atoms with Gasteiger partial charge >= 0.3 is 5.69 Å². The summed E-state index contributed by atoms with van der Waals surface area (Å²) in [5.41, 5.74) is 5.59. The summed E-state index contributed by atoms with van der Waals surface area (Å²) in [5, 5.41) is 6.47. The molecule has 4 N–H and O–H groups in total. The highest BCUT2D eigenvalue weighted by molar-refractivity contribution is 8.00. The lowest BCUT2D eigenvalue weighted by Gasteiger charge is -2.09. The fraction of sp³-hybridized carbons (Fsp3) is 0.200. The normalized spacial score (nSPS) is 11.7. The molecular weight excluding hydrogens is 302 g/mol. The largest absolute Gasteiger partial charge is 0.399 e. The quantitative estimate of drug-likeness (QED) is 0.669. The minimum Gasteiger partial charge on any atom is -0.399 e. The molecule has 8 nitrogen and oxygen atoms in total. The van der Waals surface area contributed by atoms with Crippen LogP contribution < -0.4 is 16.1 Å². The summed E-state index contributed by atoms with van der Waals surface area (Å²) in [6.45, 7) is 0. The zero-order valence-corrected chi connectivity index (χ0v) is 12.4. The number of nitrogens with one attached hydrogen (secondary N) is 2. The number of sulfonamides is 1. The molecule has 1 heterocycles. The molecule has 0 radical (unpaired) electrons. The Morgan fingerprint density at radius 2 is 2.15 bits per heavy atom. The Kier molecular flexibility index (Phi) is 3.88. The van der Waals surface area contributed by atoms with E-state index >= 15 is 0 Å². The Balaban J connectivity index is 2.53. The van der Waals surface area contributed by atoms with Gasteiger partial charge in [0.15, 0.2) is 5.16 Å². The molecule has 0 aliphatic rings. The maximum atomic E-state index is 12.0. The van der Waals surface area contributed by atoms with Gasteiger partial charge in [-0.2, -0.15) is 0 Å². The molecule has 0 unspecified atom stereocenters. The number of aromatic amines is 1. The molecule has 2 aromatic rings. The van der Waals surface area contributed by atoms with E-state index in [4.69, 9.17) is 5.73 Å². The van der Waals surface area contributed by atoms with Crippen LogP contribution in [0.25, 0.3) is 0 Å². The van der Waals surface area contributed by atoms with Crippen LogP contribution in [0.5, 0.6) is 0 Å². The first kappa shape index (κ1) is 14.6. The molecule has 0 aliphatic heterocycles. The number of H-pyrrole nitrogens is 1. The SMILES string of the molecule is CNS(=O)(=O)c1cc(N)ccc1Sc1n[nH]c(=O)n1C. The maximum Gasteiger partial charge on any atom is 0.343 e. The minimum atomic E-state index is -3.65. The summed E-state index contributed by atoms with van der Waals surface area (Å²) in [6, 6.07) is 4.52. The fourth-order valence-electron chi connectivity index (χ4n) is 1.45. The van der Waals surface area contributed by atoms with Crippen LogP contribution >= 0.6 is 11.8 Å². The van der Waals surface area contributed by atoms with E-state index in [1.165, 1.54) is 24.7 Å². The van der Waals surface area contributed by atoms with Crippen molar-refractivity contribution in [2.75, 3.05) is 12.8 Å². The lowest BCUT2D eigenvalue weighted by Crippen LogP contribution is -2.19. The summed E-state index contributed by atoms with van der Waals surface area (Å²) >= 11 is 1.06. The molecule has 1 aromatic carbocycles. The second-order valence-corrected chi connectivity index (χ2v) is 6.75. The van der Waals surface area contributed by atoms with Crippen molar-refractivity contribution in [3.8, 4) is 0 Å². The number of benzene rings is 1. The smallest absolute Gasteiger partial charge is 0.343 e. The van der Waals surface area contributed by atoms with Gasteiger partial charge in [0, 0.05) is 17.6 Å². The summed E-state index contributed by atoms with van der Waals surface area (Å²) in [5.74, 6) is 0. The third-order valence-electron chi connectivity index (χ3n) is 2.57. The van der Waals surface area contributed by atoms with Crippen LogP contribution in [0.1, 0.15) is 0 Å². The van der Waals surface area contributed by atoms with E-state index in [0.29, 0.717) is 15.7 Å². The van der Waals surface area contributed by atoms with Crippen molar-refractivity contribution in [1.29, 1.82) is 0 Å². The van der Waals surface area contributed by atoms with Crippen molar-refractivity contribution in [2.24, 2.45) is 7.05 Å². The molecule has 0 saturated carbocycles. The monoisotopic (exact) mass is 315 g/mol. The number of anilines is 1. The Labute approximate surface area is 119 Å². The molecule has 0 spiro atoms. The van der Waals surface area contributed by atoms with Gasteiger partial charge in [-0.3, -0.25) is 4.57 Å². The van der Waals surface area contributed by atoms with Gasteiger partial charge in [0.2, 0.25) is 10.0 Å². The van der Waals surface area contributed by atoms with E-state index in [-0.39, 0.29) is 10.6 Å². The molecule has 0 amide bonds. The van der Waals surface area contributed by atoms with Gasteiger partial charge in [0.25, 0.3) is 0 Å². The molecule has 1 aromatic heterocycles. The van der Waals surface area contributed by atoms with Crippen molar-refractivity contribution in [3.63, 3.8) is 0 Å².